The largest absolute Gasteiger partial charge is 0.399 e. The molecule has 0 heterocycles. The lowest BCUT2D eigenvalue weighted by Crippen LogP contribution is -1.96. The molecule has 0 aliphatic rings. The van der Waals surface area contributed by atoms with Crippen LogP contribution in [0.5, 0.6) is 0 Å². The molecule has 0 spiro atoms. The van der Waals surface area contributed by atoms with Crippen LogP contribution in [-0.2, 0) is 0 Å². The number of nitrogen functional groups attached to an aromatic ring is 1. The van der Waals surface area contributed by atoms with Crippen LogP contribution in [0, 0.1) is 10.1 Å². The van der Waals surface area contributed by atoms with E-state index in [1.807, 2.05) is 72.8 Å². The zero-order valence-corrected chi connectivity index (χ0v) is 23.8. The lowest BCUT2D eigenvalue weighted by atomic mass is 10.1. The summed E-state index contributed by atoms with van der Waals surface area (Å²) in [5, 5.41) is 14.6. The molecule has 39 heavy (non-hydrogen) atoms. The number of ketones is 1. The van der Waals surface area contributed by atoms with Crippen LogP contribution >= 0.6 is 46.7 Å². The summed E-state index contributed by atoms with van der Waals surface area (Å²) in [7, 11) is 0. The minimum atomic E-state index is -0.461. The molecule has 0 saturated carbocycles. The summed E-state index contributed by atoms with van der Waals surface area (Å²) >= 11 is 15.5. The van der Waals surface area contributed by atoms with Crippen LogP contribution in [0.3, 0.4) is 0 Å². The van der Waals surface area contributed by atoms with E-state index in [-0.39, 0.29) is 11.5 Å². The molecule has 0 aliphatic carbocycles. The molecular formula is C30H22Cl2N2O3S2. The topological polar surface area (TPSA) is 86.2 Å². The Labute approximate surface area is 244 Å². The molecule has 0 atom stereocenters. The third-order valence-corrected chi connectivity index (χ3v) is 8.69. The second-order valence-corrected chi connectivity index (χ2v) is 11.3. The van der Waals surface area contributed by atoms with Crippen LogP contribution in [0.2, 0.25) is 10.0 Å². The molecule has 2 N–H and O–H groups in total. The summed E-state index contributed by atoms with van der Waals surface area (Å²) in [6.45, 7) is 1.39. The van der Waals surface area contributed by atoms with Gasteiger partial charge in [0, 0.05) is 37.4 Å². The van der Waals surface area contributed by atoms with Gasteiger partial charge in [0.2, 0.25) is 0 Å². The minimum absolute atomic E-state index is 0.0402. The SMILES string of the molecule is CC(=O)c1ccc(Sc2ccccc2)c([N+](=O)[O-])c1.Nc1ccc(Sc2ccc3ccccc3c2Cl)c(Cl)c1. The zero-order valence-electron chi connectivity index (χ0n) is 20.6. The normalized spacial score (nSPS) is 10.5. The van der Waals surface area contributed by atoms with Gasteiger partial charge in [0.15, 0.2) is 5.78 Å². The molecule has 0 fully saturated rings. The molecule has 5 rings (SSSR count). The summed E-state index contributed by atoms with van der Waals surface area (Å²) in [5.41, 5.74) is 6.67. The van der Waals surface area contributed by atoms with Crippen molar-refractivity contribution >= 4 is 74.7 Å². The van der Waals surface area contributed by atoms with Crippen molar-refractivity contribution in [1.82, 2.24) is 0 Å². The molecule has 5 nitrogen and oxygen atoms in total. The number of anilines is 1. The number of hydrogen-bond donors (Lipinski definition) is 1. The highest BCUT2D eigenvalue weighted by Gasteiger charge is 2.17. The Balaban J connectivity index is 0.000000181. The van der Waals surface area contributed by atoms with Crippen molar-refractivity contribution in [1.29, 1.82) is 0 Å². The minimum Gasteiger partial charge on any atom is -0.399 e. The van der Waals surface area contributed by atoms with E-state index in [2.05, 4.69) is 6.07 Å². The summed E-state index contributed by atoms with van der Waals surface area (Å²) in [6.07, 6.45) is 0. The Morgan fingerprint density at radius 1 is 0.795 bits per heavy atom. The van der Waals surface area contributed by atoms with Crippen LogP contribution in [0.4, 0.5) is 11.4 Å². The van der Waals surface area contributed by atoms with E-state index in [4.69, 9.17) is 28.9 Å². The van der Waals surface area contributed by atoms with Crippen molar-refractivity contribution in [2.24, 2.45) is 0 Å². The second-order valence-electron chi connectivity index (χ2n) is 8.30. The molecule has 0 saturated heterocycles. The highest BCUT2D eigenvalue weighted by atomic mass is 35.5. The Morgan fingerprint density at radius 2 is 1.46 bits per heavy atom. The van der Waals surface area contributed by atoms with E-state index in [9.17, 15) is 14.9 Å². The lowest BCUT2D eigenvalue weighted by molar-refractivity contribution is -0.387. The van der Waals surface area contributed by atoms with Gasteiger partial charge in [0.25, 0.3) is 5.69 Å². The van der Waals surface area contributed by atoms with Gasteiger partial charge >= 0.3 is 0 Å². The fourth-order valence-electron chi connectivity index (χ4n) is 3.59. The molecule has 0 aliphatic heterocycles. The quantitative estimate of drug-likeness (QED) is 0.0913. The number of nitrogens with zero attached hydrogens (tertiary/aromatic N) is 1. The predicted octanol–water partition coefficient (Wildman–Crippen LogP) is 9.83. The Morgan fingerprint density at radius 3 is 2.15 bits per heavy atom. The Bertz CT molecular complexity index is 1660. The first kappa shape index (κ1) is 28.5. The van der Waals surface area contributed by atoms with Crippen molar-refractivity contribution in [3.8, 4) is 0 Å². The Kier molecular flexibility index (Phi) is 9.54. The van der Waals surface area contributed by atoms with E-state index in [1.165, 1.54) is 24.8 Å². The number of fused-ring (bicyclic) bond motifs is 1. The molecule has 0 unspecified atom stereocenters. The summed E-state index contributed by atoms with van der Waals surface area (Å²) < 4.78 is 0. The van der Waals surface area contributed by atoms with Gasteiger partial charge in [-0.15, -0.1) is 0 Å². The number of carbonyl (C=O) groups excluding carboxylic acids is 1. The van der Waals surface area contributed by atoms with E-state index in [0.717, 1.165) is 30.5 Å². The van der Waals surface area contributed by atoms with Crippen molar-refractivity contribution < 1.29 is 9.72 Å². The van der Waals surface area contributed by atoms with Gasteiger partial charge in [-0.05, 0) is 60.8 Å². The van der Waals surface area contributed by atoms with Crippen molar-refractivity contribution in [3.63, 3.8) is 0 Å². The lowest BCUT2D eigenvalue weighted by Gasteiger charge is -2.09. The van der Waals surface area contributed by atoms with E-state index >= 15 is 0 Å². The first-order chi connectivity index (χ1) is 18.7. The Hall–Kier alpha value is -3.49. The predicted molar refractivity (Wildman–Crippen MR) is 163 cm³/mol. The average Bonchev–Trinajstić information content (AvgIpc) is 2.92. The maximum Gasteiger partial charge on any atom is 0.283 e. The highest BCUT2D eigenvalue weighted by Crippen LogP contribution is 2.40. The number of Topliss-reactive ketones (excluding diaryl/α,β-unsaturated/α-hetero) is 1. The molecule has 0 radical (unpaired) electrons. The third kappa shape index (κ3) is 7.34. The first-order valence-electron chi connectivity index (χ1n) is 11.7. The maximum absolute atomic E-state index is 11.3. The second kappa shape index (κ2) is 13.0. The van der Waals surface area contributed by atoms with Crippen LogP contribution in [0.15, 0.2) is 123 Å². The molecule has 0 aromatic heterocycles. The van der Waals surface area contributed by atoms with Gasteiger partial charge in [-0.1, -0.05) is 95.3 Å². The smallest absolute Gasteiger partial charge is 0.283 e. The first-order valence-corrected chi connectivity index (χ1v) is 14.0. The van der Waals surface area contributed by atoms with Gasteiger partial charge in [0.1, 0.15) is 0 Å². The number of rotatable bonds is 6. The third-order valence-electron chi connectivity index (χ3n) is 5.54. The fourth-order valence-corrected chi connectivity index (χ4v) is 6.03. The molecule has 196 valence electrons. The molecule has 0 bridgehead atoms. The van der Waals surface area contributed by atoms with E-state index in [1.54, 1.807) is 30.0 Å². The van der Waals surface area contributed by atoms with Gasteiger partial charge < -0.3 is 5.73 Å². The highest BCUT2D eigenvalue weighted by molar-refractivity contribution is 7.99. The van der Waals surface area contributed by atoms with Crippen molar-refractivity contribution in [3.05, 3.63) is 129 Å². The number of carbonyl (C=O) groups is 1. The molecular weight excluding hydrogens is 571 g/mol. The maximum atomic E-state index is 11.3. The van der Waals surface area contributed by atoms with Crippen LogP contribution < -0.4 is 5.73 Å². The number of hydrogen-bond acceptors (Lipinski definition) is 6. The number of nitro groups is 1. The number of benzene rings is 5. The standard InChI is InChI=1S/C16H11Cl2NS.C14H11NO3S/c17-13-9-11(19)6-8-14(13)20-15-7-5-10-3-1-2-4-12(10)16(15)18;1-10(16)11-7-8-14(13(9-11)15(17)18)19-12-5-3-2-4-6-12/h1-9H,19H2;2-9H,1H3. The molecule has 5 aromatic carbocycles. The molecule has 9 heteroatoms. The van der Waals surface area contributed by atoms with Gasteiger partial charge in [0.05, 0.1) is 19.9 Å². The number of halogens is 2. The summed E-state index contributed by atoms with van der Waals surface area (Å²) in [4.78, 5) is 25.2. The fraction of sp³-hybridized carbons (Fsp3) is 0.0333. The monoisotopic (exact) mass is 592 g/mol. The molecule has 0 amide bonds. The van der Waals surface area contributed by atoms with Crippen LogP contribution in [0.1, 0.15) is 17.3 Å². The van der Waals surface area contributed by atoms with Gasteiger partial charge in [-0.25, -0.2) is 0 Å². The van der Waals surface area contributed by atoms with Crippen molar-refractivity contribution in [2.45, 2.75) is 26.5 Å². The zero-order chi connectivity index (χ0) is 27.9. The van der Waals surface area contributed by atoms with Gasteiger partial charge in [-0.2, -0.15) is 0 Å². The van der Waals surface area contributed by atoms with E-state index < -0.39 is 4.92 Å². The van der Waals surface area contributed by atoms with Gasteiger partial charge in [-0.3, -0.25) is 14.9 Å². The number of nitrogens with two attached hydrogens (primary N) is 1. The average molecular weight is 594 g/mol. The van der Waals surface area contributed by atoms with E-state index in [0.29, 0.717) is 21.2 Å². The number of nitro benzene ring substituents is 1. The molecule has 5 aromatic rings. The van der Waals surface area contributed by atoms with Crippen molar-refractivity contribution in [2.75, 3.05) is 5.73 Å². The summed E-state index contributed by atoms with van der Waals surface area (Å²) in [5.74, 6) is -0.181. The summed E-state index contributed by atoms with van der Waals surface area (Å²) in [6, 6.07) is 31.6. The van der Waals surface area contributed by atoms with Crippen LogP contribution in [-0.4, -0.2) is 10.7 Å². The van der Waals surface area contributed by atoms with Crippen LogP contribution in [0.25, 0.3) is 10.8 Å².